The minimum atomic E-state index is 0.347. The fraction of sp³-hybridized carbons (Fsp3) is 1.00. The van der Waals surface area contributed by atoms with E-state index in [4.69, 9.17) is 4.74 Å². The minimum absolute atomic E-state index is 0.347. The van der Waals surface area contributed by atoms with E-state index in [1.165, 1.54) is 0 Å². The van der Waals surface area contributed by atoms with Gasteiger partial charge in [0.1, 0.15) is 0 Å². The van der Waals surface area contributed by atoms with Crippen LogP contribution in [-0.4, -0.2) is 25.8 Å². The van der Waals surface area contributed by atoms with Crippen LogP contribution in [0.15, 0.2) is 0 Å². The van der Waals surface area contributed by atoms with Gasteiger partial charge in [0.15, 0.2) is 0 Å². The molecule has 0 aliphatic rings. The van der Waals surface area contributed by atoms with Gasteiger partial charge in [-0.3, -0.25) is 0 Å². The lowest BCUT2D eigenvalue weighted by Crippen LogP contribution is -2.42. The molecule has 0 spiro atoms. The molecule has 1 N–H and O–H groups in total. The second-order valence-electron chi connectivity index (χ2n) is 5.45. The van der Waals surface area contributed by atoms with Crippen molar-refractivity contribution in [3.63, 3.8) is 0 Å². The maximum Gasteiger partial charge on any atom is 0.0621 e. The predicted molar refractivity (Wildman–Crippen MR) is 62.6 cm³/mol. The van der Waals surface area contributed by atoms with Crippen LogP contribution >= 0.6 is 0 Å². The SMILES string of the molecule is CCOCC(NCC(C)(C)C)C(C)C. The Labute approximate surface area is 89.4 Å². The highest BCUT2D eigenvalue weighted by atomic mass is 16.5. The van der Waals surface area contributed by atoms with Gasteiger partial charge in [-0.05, 0) is 18.3 Å². The summed E-state index contributed by atoms with van der Waals surface area (Å²) in [5.41, 5.74) is 0.347. The van der Waals surface area contributed by atoms with Gasteiger partial charge in [-0.25, -0.2) is 0 Å². The molecule has 0 rings (SSSR count). The van der Waals surface area contributed by atoms with E-state index in [-0.39, 0.29) is 0 Å². The summed E-state index contributed by atoms with van der Waals surface area (Å²) in [6.45, 7) is 15.9. The van der Waals surface area contributed by atoms with Crippen molar-refractivity contribution in [3.05, 3.63) is 0 Å². The molecule has 0 aromatic rings. The number of hydrogen-bond acceptors (Lipinski definition) is 2. The lowest BCUT2D eigenvalue weighted by molar-refractivity contribution is 0.104. The van der Waals surface area contributed by atoms with Gasteiger partial charge < -0.3 is 10.1 Å². The zero-order valence-corrected chi connectivity index (χ0v) is 10.7. The van der Waals surface area contributed by atoms with Gasteiger partial charge in [-0.15, -0.1) is 0 Å². The van der Waals surface area contributed by atoms with Crippen molar-refractivity contribution >= 4 is 0 Å². The molecule has 0 heterocycles. The molecule has 2 nitrogen and oxygen atoms in total. The highest BCUT2D eigenvalue weighted by molar-refractivity contribution is 4.74. The third-order valence-electron chi connectivity index (χ3n) is 2.20. The summed E-state index contributed by atoms with van der Waals surface area (Å²) in [6, 6.07) is 0.481. The van der Waals surface area contributed by atoms with Crippen LogP contribution < -0.4 is 5.32 Å². The van der Waals surface area contributed by atoms with Crippen LogP contribution in [0.2, 0.25) is 0 Å². The maximum atomic E-state index is 5.46. The van der Waals surface area contributed by atoms with Crippen molar-refractivity contribution in [2.75, 3.05) is 19.8 Å². The summed E-state index contributed by atoms with van der Waals surface area (Å²) < 4.78 is 5.46. The molecule has 86 valence electrons. The third kappa shape index (κ3) is 7.34. The van der Waals surface area contributed by atoms with Crippen LogP contribution in [0.5, 0.6) is 0 Å². The fourth-order valence-electron chi connectivity index (χ4n) is 1.17. The lowest BCUT2D eigenvalue weighted by Gasteiger charge is -2.27. The first-order valence-corrected chi connectivity index (χ1v) is 5.68. The number of nitrogens with one attached hydrogen (secondary N) is 1. The molecule has 0 aromatic heterocycles. The van der Waals surface area contributed by atoms with E-state index in [0.29, 0.717) is 17.4 Å². The van der Waals surface area contributed by atoms with E-state index >= 15 is 0 Å². The molecule has 0 radical (unpaired) electrons. The first kappa shape index (κ1) is 13.9. The maximum absolute atomic E-state index is 5.46. The fourth-order valence-corrected chi connectivity index (χ4v) is 1.17. The van der Waals surface area contributed by atoms with Crippen molar-refractivity contribution in [1.82, 2.24) is 5.32 Å². The van der Waals surface area contributed by atoms with E-state index < -0.39 is 0 Å². The lowest BCUT2D eigenvalue weighted by atomic mass is 9.95. The van der Waals surface area contributed by atoms with Crippen LogP contribution in [0.1, 0.15) is 41.5 Å². The molecule has 0 amide bonds. The van der Waals surface area contributed by atoms with E-state index in [9.17, 15) is 0 Å². The van der Waals surface area contributed by atoms with Crippen LogP contribution in [0.3, 0.4) is 0 Å². The molecule has 14 heavy (non-hydrogen) atoms. The number of ether oxygens (including phenoxy) is 1. The first-order chi connectivity index (χ1) is 6.37. The van der Waals surface area contributed by atoms with Crippen LogP contribution in [0.4, 0.5) is 0 Å². The largest absolute Gasteiger partial charge is 0.380 e. The molecule has 0 aromatic carbocycles. The molecule has 0 aliphatic carbocycles. The monoisotopic (exact) mass is 201 g/mol. The Kier molecular flexibility index (Phi) is 6.38. The van der Waals surface area contributed by atoms with Crippen LogP contribution in [-0.2, 0) is 4.74 Å². The Balaban J connectivity index is 3.85. The van der Waals surface area contributed by atoms with E-state index in [2.05, 4.69) is 39.9 Å². The highest BCUT2D eigenvalue weighted by Gasteiger charge is 2.16. The average Bonchev–Trinajstić information content (AvgIpc) is 2.01. The molecular formula is C12H27NO. The van der Waals surface area contributed by atoms with Gasteiger partial charge in [-0.1, -0.05) is 34.6 Å². The standard InChI is InChI=1S/C12H27NO/c1-7-14-8-11(10(2)3)13-9-12(4,5)6/h10-11,13H,7-9H2,1-6H3. The highest BCUT2D eigenvalue weighted by Crippen LogP contribution is 2.12. The summed E-state index contributed by atoms with van der Waals surface area (Å²) in [6.07, 6.45) is 0. The van der Waals surface area contributed by atoms with Crippen molar-refractivity contribution in [3.8, 4) is 0 Å². The molecule has 1 atom stereocenters. The Morgan fingerprint density at radius 3 is 2.14 bits per heavy atom. The van der Waals surface area contributed by atoms with Gasteiger partial charge in [0, 0.05) is 19.2 Å². The zero-order valence-electron chi connectivity index (χ0n) is 10.7. The van der Waals surface area contributed by atoms with Gasteiger partial charge >= 0.3 is 0 Å². The summed E-state index contributed by atoms with van der Waals surface area (Å²) >= 11 is 0. The van der Waals surface area contributed by atoms with E-state index in [1.807, 2.05) is 6.92 Å². The summed E-state index contributed by atoms with van der Waals surface area (Å²) in [4.78, 5) is 0. The Morgan fingerprint density at radius 2 is 1.79 bits per heavy atom. The third-order valence-corrected chi connectivity index (χ3v) is 2.20. The van der Waals surface area contributed by atoms with Crippen molar-refractivity contribution in [1.29, 1.82) is 0 Å². The number of rotatable bonds is 6. The molecule has 2 heteroatoms. The summed E-state index contributed by atoms with van der Waals surface area (Å²) in [5.74, 6) is 0.629. The summed E-state index contributed by atoms with van der Waals surface area (Å²) in [5, 5.41) is 3.57. The van der Waals surface area contributed by atoms with Gasteiger partial charge in [-0.2, -0.15) is 0 Å². The first-order valence-electron chi connectivity index (χ1n) is 5.68. The van der Waals surface area contributed by atoms with E-state index in [0.717, 1.165) is 19.8 Å². The topological polar surface area (TPSA) is 21.3 Å². The van der Waals surface area contributed by atoms with Gasteiger partial charge in [0.25, 0.3) is 0 Å². The van der Waals surface area contributed by atoms with Crippen LogP contribution in [0, 0.1) is 11.3 Å². The molecule has 0 fully saturated rings. The summed E-state index contributed by atoms with van der Waals surface area (Å²) in [7, 11) is 0. The van der Waals surface area contributed by atoms with Crippen molar-refractivity contribution < 1.29 is 4.74 Å². The normalized spacial score (nSPS) is 14.8. The molecule has 0 aliphatic heterocycles. The molecule has 0 saturated carbocycles. The number of hydrogen-bond donors (Lipinski definition) is 1. The quantitative estimate of drug-likeness (QED) is 0.713. The Morgan fingerprint density at radius 1 is 1.21 bits per heavy atom. The Bertz CT molecular complexity index is 138. The second-order valence-corrected chi connectivity index (χ2v) is 5.45. The van der Waals surface area contributed by atoms with Gasteiger partial charge in [0.2, 0.25) is 0 Å². The van der Waals surface area contributed by atoms with E-state index in [1.54, 1.807) is 0 Å². The minimum Gasteiger partial charge on any atom is -0.380 e. The molecule has 0 saturated heterocycles. The van der Waals surface area contributed by atoms with Crippen molar-refractivity contribution in [2.24, 2.45) is 11.3 Å². The second kappa shape index (κ2) is 6.41. The molecule has 1 unspecified atom stereocenters. The Hall–Kier alpha value is -0.0800. The van der Waals surface area contributed by atoms with Gasteiger partial charge in [0.05, 0.1) is 6.61 Å². The van der Waals surface area contributed by atoms with Crippen molar-refractivity contribution in [2.45, 2.75) is 47.6 Å². The molecule has 0 bridgehead atoms. The smallest absolute Gasteiger partial charge is 0.0621 e. The predicted octanol–water partition coefficient (Wildman–Crippen LogP) is 2.68. The average molecular weight is 201 g/mol. The molecular weight excluding hydrogens is 174 g/mol. The van der Waals surface area contributed by atoms with Crippen LogP contribution in [0.25, 0.3) is 0 Å². The zero-order chi connectivity index (χ0) is 11.2.